The quantitative estimate of drug-likeness (QED) is 0.166. The predicted molar refractivity (Wildman–Crippen MR) is 376 cm³/mol. The maximum atomic E-state index is 7.48. The maximum Gasteiger partial charge on any atom is 0.143 e. The molecule has 16 rings (SSSR count). The van der Waals surface area contributed by atoms with Crippen LogP contribution in [0.25, 0.3) is 87.7 Å². The van der Waals surface area contributed by atoms with Crippen LogP contribution in [0.4, 0.5) is 34.1 Å². The molecular formula is C85H74N2O2. The third-order valence-electron chi connectivity index (χ3n) is 19.7. The van der Waals surface area contributed by atoms with Crippen LogP contribution in [-0.4, -0.2) is 0 Å². The molecule has 0 fully saturated rings. The number of nitrogens with zero attached hydrogens (tertiary/aromatic N) is 2. The Bertz CT molecular complexity index is 5040. The topological polar surface area (TPSA) is 32.8 Å². The lowest BCUT2D eigenvalue weighted by Gasteiger charge is -2.34. The molecule has 436 valence electrons. The summed E-state index contributed by atoms with van der Waals surface area (Å²) in [6.45, 7) is 27.5. The second-order valence-electron chi connectivity index (χ2n) is 29.3. The normalized spacial score (nSPS) is 13.7. The lowest BCUT2D eigenvalue weighted by molar-refractivity contribution is 0.590. The Morgan fingerprint density at radius 3 is 1.20 bits per heavy atom. The Morgan fingerprint density at radius 1 is 0.292 bits per heavy atom. The van der Waals surface area contributed by atoms with Crippen LogP contribution in [0.2, 0.25) is 0 Å². The van der Waals surface area contributed by atoms with Gasteiger partial charge in [-0.25, -0.2) is 0 Å². The standard InChI is InChI=1S/C85H74N2O2/c1-81(2,3)51-29-37-55(38-30-51)86(56-39-31-52(32-40-56)82(4,5)6)59-45-46-62-66(49-59)80-77(64-24-16-20-28-72(64)89-80)78-74-65-47-48-73-76(63-23-15-19-27-71(63)88-73)75(65)70(50-69(74)85(79(62)78)67-25-17-13-21-60(67)61-22-14-18-26-68(61)85)87(57-41-33-53(34-42-57)83(7,8)9)58-43-35-54(36-44-58)84(10,11)12/h13-50H,1-12H3. The average molecular weight is 1160 g/mol. The second-order valence-corrected chi connectivity index (χ2v) is 29.3. The zero-order valence-electron chi connectivity index (χ0n) is 53.2. The lowest BCUT2D eigenvalue weighted by atomic mass is 9.69. The van der Waals surface area contributed by atoms with E-state index in [1.54, 1.807) is 0 Å². The van der Waals surface area contributed by atoms with Crippen molar-refractivity contribution in [3.63, 3.8) is 0 Å². The lowest BCUT2D eigenvalue weighted by Crippen LogP contribution is -2.26. The molecule has 12 aromatic carbocycles. The maximum absolute atomic E-state index is 7.48. The van der Waals surface area contributed by atoms with E-state index in [1.807, 2.05) is 0 Å². The van der Waals surface area contributed by atoms with Gasteiger partial charge in [-0.2, -0.15) is 0 Å². The fraction of sp³-hybridized carbons (Fsp3) is 0.200. The fourth-order valence-corrected chi connectivity index (χ4v) is 15.2. The van der Waals surface area contributed by atoms with E-state index in [1.165, 1.54) is 66.8 Å². The molecular weight excluding hydrogens is 1080 g/mol. The van der Waals surface area contributed by atoms with Gasteiger partial charge in [0.15, 0.2) is 0 Å². The molecule has 0 amide bonds. The van der Waals surface area contributed by atoms with Gasteiger partial charge in [0, 0.05) is 60.8 Å². The third-order valence-corrected chi connectivity index (χ3v) is 19.7. The molecule has 1 spiro atoms. The molecule has 2 aliphatic carbocycles. The van der Waals surface area contributed by atoms with Gasteiger partial charge < -0.3 is 18.6 Å². The van der Waals surface area contributed by atoms with Gasteiger partial charge in [-0.15, -0.1) is 0 Å². The van der Waals surface area contributed by atoms with E-state index in [2.05, 4.69) is 323 Å². The van der Waals surface area contributed by atoms with Crippen LogP contribution in [0.5, 0.6) is 0 Å². The van der Waals surface area contributed by atoms with Gasteiger partial charge >= 0.3 is 0 Å². The fourth-order valence-electron chi connectivity index (χ4n) is 15.2. The van der Waals surface area contributed by atoms with E-state index in [4.69, 9.17) is 8.83 Å². The zero-order chi connectivity index (χ0) is 61.3. The minimum absolute atomic E-state index is 0.00293. The molecule has 0 bridgehead atoms. The van der Waals surface area contributed by atoms with Gasteiger partial charge in [0.2, 0.25) is 0 Å². The Hall–Kier alpha value is -9.64. The Kier molecular flexibility index (Phi) is 11.8. The summed E-state index contributed by atoms with van der Waals surface area (Å²) in [6.07, 6.45) is 0. The van der Waals surface area contributed by atoms with Crippen molar-refractivity contribution in [3.05, 3.63) is 275 Å². The first-order chi connectivity index (χ1) is 42.7. The first-order valence-corrected chi connectivity index (χ1v) is 31.7. The van der Waals surface area contributed by atoms with Gasteiger partial charge in [-0.3, -0.25) is 0 Å². The van der Waals surface area contributed by atoms with Crippen molar-refractivity contribution in [2.24, 2.45) is 0 Å². The van der Waals surface area contributed by atoms with Gasteiger partial charge in [0.25, 0.3) is 0 Å². The van der Waals surface area contributed by atoms with Crippen LogP contribution in [0, 0.1) is 0 Å². The zero-order valence-corrected chi connectivity index (χ0v) is 53.2. The molecule has 0 saturated heterocycles. The third kappa shape index (κ3) is 8.18. The number of rotatable bonds is 6. The van der Waals surface area contributed by atoms with E-state index in [0.29, 0.717) is 0 Å². The number of furan rings is 2. The number of benzene rings is 12. The predicted octanol–water partition coefficient (Wildman–Crippen LogP) is 24.3. The summed E-state index contributed by atoms with van der Waals surface area (Å²) in [7, 11) is 0. The molecule has 0 radical (unpaired) electrons. The van der Waals surface area contributed by atoms with E-state index >= 15 is 0 Å². The van der Waals surface area contributed by atoms with Crippen LogP contribution in [0.1, 0.15) is 128 Å². The molecule has 4 nitrogen and oxygen atoms in total. The van der Waals surface area contributed by atoms with Crippen molar-refractivity contribution in [2.45, 2.75) is 110 Å². The molecule has 0 atom stereocenters. The second kappa shape index (κ2) is 19.2. The first kappa shape index (κ1) is 54.7. The molecule has 0 unspecified atom stereocenters. The van der Waals surface area contributed by atoms with Crippen LogP contribution in [-0.2, 0) is 27.1 Å². The van der Waals surface area contributed by atoms with Gasteiger partial charge in [-0.1, -0.05) is 223 Å². The molecule has 2 heterocycles. The number of anilines is 6. The number of hydrogen-bond acceptors (Lipinski definition) is 4. The molecule has 14 aromatic rings. The van der Waals surface area contributed by atoms with Gasteiger partial charge in [0.1, 0.15) is 22.3 Å². The Balaban J connectivity index is 1.08. The number of para-hydroxylation sites is 2. The summed E-state index contributed by atoms with van der Waals surface area (Å²) in [5.74, 6) is 0. The molecule has 0 N–H and O–H groups in total. The smallest absolute Gasteiger partial charge is 0.143 e. The van der Waals surface area contributed by atoms with Crippen LogP contribution < -0.4 is 9.80 Å². The molecule has 89 heavy (non-hydrogen) atoms. The highest BCUT2D eigenvalue weighted by molar-refractivity contribution is 6.32. The molecule has 2 aliphatic rings. The highest BCUT2D eigenvalue weighted by Gasteiger charge is 2.54. The van der Waals surface area contributed by atoms with Crippen molar-refractivity contribution in [1.29, 1.82) is 0 Å². The van der Waals surface area contributed by atoms with Gasteiger partial charge in [0.05, 0.1) is 11.1 Å². The largest absolute Gasteiger partial charge is 0.456 e. The highest BCUT2D eigenvalue weighted by atomic mass is 16.3. The van der Waals surface area contributed by atoms with Crippen LogP contribution >= 0.6 is 0 Å². The van der Waals surface area contributed by atoms with Gasteiger partial charge in [-0.05, 0) is 190 Å². The summed E-state index contributed by atoms with van der Waals surface area (Å²) in [6, 6.07) is 87.3. The van der Waals surface area contributed by atoms with Crippen molar-refractivity contribution in [3.8, 4) is 22.3 Å². The van der Waals surface area contributed by atoms with E-state index in [-0.39, 0.29) is 21.7 Å². The molecule has 4 heteroatoms. The summed E-state index contributed by atoms with van der Waals surface area (Å²) < 4.78 is 14.4. The molecule has 0 aliphatic heterocycles. The monoisotopic (exact) mass is 1150 g/mol. The van der Waals surface area contributed by atoms with E-state index < -0.39 is 5.41 Å². The minimum atomic E-state index is -0.802. The minimum Gasteiger partial charge on any atom is -0.456 e. The first-order valence-electron chi connectivity index (χ1n) is 31.7. The van der Waals surface area contributed by atoms with Crippen molar-refractivity contribution < 1.29 is 8.83 Å². The Labute approximate surface area is 522 Å². The summed E-state index contributed by atoms with van der Waals surface area (Å²) in [5.41, 5.74) is 24.2. The van der Waals surface area contributed by atoms with E-state index in [9.17, 15) is 0 Å². The average Bonchev–Trinajstić information content (AvgIpc) is 1.49. The van der Waals surface area contributed by atoms with Crippen LogP contribution in [0.15, 0.2) is 239 Å². The Morgan fingerprint density at radius 2 is 0.708 bits per heavy atom. The van der Waals surface area contributed by atoms with E-state index in [0.717, 1.165) is 99.5 Å². The van der Waals surface area contributed by atoms with Crippen molar-refractivity contribution in [1.82, 2.24) is 0 Å². The highest BCUT2D eigenvalue weighted by Crippen LogP contribution is 2.68. The number of hydrogen-bond donors (Lipinski definition) is 0. The van der Waals surface area contributed by atoms with Crippen LogP contribution in [0.3, 0.4) is 0 Å². The summed E-state index contributed by atoms with van der Waals surface area (Å²) in [4.78, 5) is 4.97. The SMILES string of the molecule is CC(C)(C)c1ccc(N(c2ccc(C(C)(C)C)cc2)c2ccc3c4c(c5c6ccccc6oc5c3c2)-c2c(cc(N(c3ccc(C(C)(C)C)cc3)c3ccc(C(C)(C)C)cc3)c3c2ccc2oc5ccccc5c23)C42c3ccccc3-c3ccccc32)cc1. The molecule has 2 aromatic heterocycles. The summed E-state index contributed by atoms with van der Waals surface area (Å²) in [5, 5.41) is 8.90. The number of fused-ring (bicyclic) bond motifs is 23. The molecule has 0 saturated carbocycles. The summed E-state index contributed by atoms with van der Waals surface area (Å²) >= 11 is 0. The van der Waals surface area contributed by atoms with Crippen molar-refractivity contribution >= 4 is 99.5 Å². The van der Waals surface area contributed by atoms with Crippen molar-refractivity contribution in [2.75, 3.05) is 9.80 Å².